The van der Waals surface area contributed by atoms with E-state index in [4.69, 9.17) is 4.74 Å². The van der Waals surface area contributed by atoms with Crippen molar-refractivity contribution in [3.05, 3.63) is 65.2 Å². The highest BCUT2D eigenvalue weighted by Crippen LogP contribution is 2.36. The summed E-state index contributed by atoms with van der Waals surface area (Å²) in [6.45, 7) is 1.88. The van der Waals surface area contributed by atoms with Crippen molar-refractivity contribution < 1.29 is 23.5 Å². The van der Waals surface area contributed by atoms with Crippen LogP contribution in [0.15, 0.2) is 48.8 Å². The van der Waals surface area contributed by atoms with Crippen LogP contribution < -0.4 is 15.0 Å². The molecule has 4 rings (SSSR count). The number of pyridine rings is 2. The molecule has 0 unspecified atom stereocenters. The lowest BCUT2D eigenvalue weighted by atomic mass is 10.1. The Labute approximate surface area is 199 Å². The van der Waals surface area contributed by atoms with E-state index in [1.54, 1.807) is 31.6 Å². The lowest BCUT2D eigenvalue weighted by molar-refractivity contribution is 0.0997. The first-order chi connectivity index (χ1) is 16.3. The van der Waals surface area contributed by atoms with Gasteiger partial charge in [-0.3, -0.25) is 15.1 Å². The zero-order valence-corrected chi connectivity index (χ0v) is 19.7. The molecule has 0 saturated carbocycles. The Hall–Kier alpha value is -4.05. The minimum atomic E-state index is -0.608. The summed E-state index contributed by atoms with van der Waals surface area (Å²) >= 11 is 1.34. The Kier molecular flexibility index (Phi) is 6.42. The molecule has 0 atom stereocenters. The molecule has 4 aromatic rings. The number of aryl methyl sites for hydroxylation is 1. The topological polar surface area (TPSA) is 93.6 Å². The van der Waals surface area contributed by atoms with Crippen molar-refractivity contribution in [3.63, 3.8) is 0 Å². The lowest BCUT2D eigenvalue weighted by Gasteiger charge is -2.17. The van der Waals surface area contributed by atoms with Crippen molar-refractivity contribution in [2.24, 2.45) is 0 Å². The number of halogens is 1. The van der Waals surface area contributed by atoms with Crippen LogP contribution in [-0.2, 0) is 4.74 Å². The number of carbonyl (C=O) groups is 2. The van der Waals surface area contributed by atoms with E-state index in [2.05, 4.69) is 20.0 Å². The van der Waals surface area contributed by atoms with Crippen molar-refractivity contribution in [2.45, 2.75) is 6.92 Å². The average Bonchev–Trinajstić information content (AvgIpc) is 3.30. The summed E-state index contributed by atoms with van der Waals surface area (Å²) in [5.41, 5.74) is 2.89. The quantitative estimate of drug-likeness (QED) is 0.418. The van der Waals surface area contributed by atoms with Gasteiger partial charge in [0, 0.05) is 47.7 Å². The number of rotatable bonds is 5. The molecule has 10 heteroatoms. The first-order valence-corrected chi connectivity index (χ1v) is 11.0. The molecule has 1 N–H and O–H groups in total. The number of carbonyl (C=O) groups excluding carboxylic acids is 2. The molecule has 0 spiro atoms. The highest BCUT2D eigenvalue weighted by Gasteiger charge is 2.20. The Morgan fingerprint density at radius 3 is 2.56 bits per heavy atom. The van der Waals surface area contributed by atoms with Crippen LogP contribution >= 0.6 is 11.3 Å². The van der Waals surface area contributed by atoms with E-state index >= 15 is 0 Å². The van der Waals surface area contributed by atoms with Gasteiger partial charge < -0.3 is 14.4 Å². The number of nitrogens with zero attached hydrogens (tertiary/aromatic N) is 3. The Morgan fingerprint density at radius 2 is 1.88 bits per heavy atom. The summed E-state index contributed by atoms with van der Waals surface area (Å²) in [7, 11) is 4.28. The molecule has 174 valence electrons. The molecular formula is C24H21FN4O4S. The van der Waals surface area contributed by atoms with Crippen molar-refractivity contribution >= 4 is 44.9 Å². The molecule has 0 fully saturated rings. The van der Waals surface area contributed by atoms with Crippen LogP contribution in [0.25, 0.3) is 21.2 Å². The fourth-order valence-corrected chi connectivity index (χ4v) is 4.51. The SMILES string of the molecule is COC(=O)Nc1ccc(-c2cnc(C)c3sc(C(=O)N(C)c4ccc(F)c(OC)c4)cc23)cn1. The molecule has 0 aliphatic heterocycles. The normalized spacial score (nSPS) is 10.7. The van der Waals surface area contributed by atoms with Gasteiger partial charge in [0.1, 0.15) is 5.82 Å². The fourth-order valence-electron chi connectivity index (χ4n) is 3.41. The average molecular weight is 481 g/mol. The number of nitrogens with one attached hydrogen (secondary N) is 1. The number of hydrogen-bond acceptors (Lipinski definition) is 7. The third kappa shape index (κ3) is 4.40. The molecule has 3 heterocycles. The van der Waals surface area contributed by atoms with Gasteiger partial charge in [0.25, 0.3) is 5.91 Å². The van der Waals surface area contributed by atoms with Crippen LogP contribution in [-0.4, -0.2) is 43.2 Å². The van der Waals surface area contributed by atoms with Gasteiger partial charge in [-0.15, -0.1) is 11.3 Å². The van der Waals surface area contributed by atoms with Crippen molar-refractivity contribution in [1.29, 1.82) is 0 Å². The van der Waals surface area contributed by atoms with Gasteiger partial charge in [-0.1, -0.05) is 0 Å². The summed E-state index contributed by atoms with van der Waals surface area (Å²) in [6.07, 6.45) is 2.74. The number of anilines is 2. The second-order valence-corrected chi connectivity index (χ2v) is 8.39. The zero-order chi connectivity index (χ0) is 24.4. The number of hydrogen-bond donors (Lipinski definition) is 1. The summed E-state index contributed by atoms with van der Waals surface area (Å²) in [5, 5.41) is 3.37. The summed E-state index contributed by atoms with van der Waals surface area (Å²) < 4.78 is 24.3. The van der Waals surface area contributed by atoms with E-state index in [9.17, 15) is 14.0 Å². The van der Waals surface area contributed by atoms with E-state index < -0.39 is 11.9 Å². The van der Waals surface area contributed by atoms with Gasteiger partial charge in [0.05, 0.1) is 29.5 Å². The number of thiophene rings is 1. The highest BCUT2D eigenvalue weighted by atomic mass is 32.1. The summed E-state index contributed by atoms with van der Waals surface area (Å²) in [6, 6.07) is 9.56. The van der Waals surface area contributed by atoms with E-state index in [0.717, 1.165) is 26.9 Å². The maximum atomic E-state index is 13.8. The predicted octanol–water partition coefficient (Wildman–Crippen LogP) is 5.27. The van der Waals surface area contributed by atoms with Gasteiger partial charge in [0.2, 0.25) is 0 Å². The summed E-state index contributed by atoms with van der Waals surface area (Å²) in [4.78, 5) is 35.3. The predicted molar refractivity (Wildman–Crippen MR) is 129 cm³/mol. The largest absolute Gasteiger partial charge is 0.494 e. The van der Waals surface area contributed by atoms with Gasteiger partial charge >= 0.3 is 6.09 Å². The van der Waals surface area contributed by atoms with Crippen LogP contribution in [0.1, 0.15) is 15.4 Å². The first-order valence-electron chi connectivity index (χ1n) is 10.1. The van der Waals surface area contributed by atoms with Gasteiger partial charge in [-0.05, 0) is 37.3 Å². The molecule has 1 aromatic carbocycles. The highest BCUT2D eigenvalue weighted by molar-refractivity contribution is 7.21. The second kappa shape index (κ2) is 9.44. The van der Waals surface area contributed by atoms with Crippen molar-refractivity contribution in [1.82, 2.24) is 9.97 Å². The lowest BCUT2D eigenvalue weighted by Crippen LogP contribution is -2.25. The third-order valence-corrected chi connectivity index (χ3v) is 6.50. The molecule has 0 bridgehead atoms. The molecule has 0 saturated heterocycles. The molecule has 8 nitrogen and oxygen atoms in total. The fraction of sp³-hybridized carbons (Fsp3) is 0.167. The molecule has 0 radical (unpaired) electrons. The van der Waals surface area contributed by atoms with Gasteiger partial charge in [-0.2, -0.15) is 0 Å². The number of amides is 2. The number of aromatic nitrogens is 2. The van der Waals surface area contributed by atoms with Crippen LogP contribution in [0.4, 0.5) is 20.7 Å². The minimum Gasteiger partial charge on any atom is -0.494 e. The number of ether oxygens (including phenoxy) is 2. The molecule has 2 amide bonds. The van der Waals surface area contributed by atoms with E-state index in [1.807, 2.05) is 13.0 Å². The standard InChI is InChI=1S/C24H21FN4O4S/c1-13-22-16(17(12-26-13)14-5-8-21(27-11-14)28-24(31)33-4)10-20(34-22)23(30)29(2)15-6-7-18(25)19(9-15)32-3/h5-12H,1-4H3,(H,27,28,31). The molecule has 0 aliphatic carbocycles. The molecular weight excluding hydrogens is 459 g/mol. The maximum absolute atomic E-state index is 13.8. The number of benzene rings is 1. The van der Waals surface area contributed by atoms with Gasteiger partial charge in [0.15, 0.2) is 11.6 Å². The summed E-state index contributed by atoms with van der Waals surface area (Å²) in [5.74, 6) is -0.324. The smallest absolute Gasteiger partial charge is 0.412 e. The first kappa shape index (κ1) is 23.1. The van der Waals surface area contributed by atoms with E-state index in [1.165, 1.54) is 48.7 Å². The van der Waals surface area contributed by atoms with E-state index in [-0.39, 0.29) is 11.7 Å². The Balaban J connectivity index is 1.69. The molecule has 3 aromatic heterocycles. The third-order valence-electron chi connectivity index (χ3n) is 5.27. The van der Waals surface area contributed by atoms with Crippen molar-refractivity contribution in [3.8, 4) is 16.9 Å². The zero-order valence-electron chi connectivity index (χ0n) is 18.9. The number of methoxy groups -OCH3 is 2. The monoisotopic (exact) mass is 480 g/mol. The van der Waals surface area contributed by atoms with Crippen LogP contribution in [0, 0.1) is 12.7 Å². The van der Waals surface area contributed by atoms with Gasteiger partial charge in [-0.25, -0.2) is 14.2 Å². The van der Waals surface area contributed by atoms with Crippen molar-refractivity contribution in [2.75, 3.05) is 31.5 Å². The number of fused-ring (bicyclic) bond motifs is 1. The molecule has 34 heavy (non-hydrogen) atoms. The maximum Gasteiger partial charge on any atom is 0.412 e. The van der Waals surface area contributed by atoms with Crippen LogP contribution in [0.5, 0.6) is 5.75 Å². The minimum absolute atomic E-state index is 0.0634. The van der Waals surface area contributed by atoms with Crippen LogP contribution in [0.3, 0.4) is 0 Å². The Bertz CT molecular complexity index is 1390. The molecule has 0 aliphatic rings. The van der Waals surface area contributed by atoms with E-state index in [0.29, 0.717) is 16.4 Å². The second-order valence-electron chi connectivity index (χ2n) is 7.34. The Morgan fingerprint density at radius 1 is 1.09 bits per heavy atom. The van der Waals surface area contributed by atoms with Crippen LogP contribution in [0.2, 0.25) is 0 Å².